The highest BCUT2D eigenvalue weighted by molar-refractivity contribution is 6.12. The molecule has 0 saturated carbocycles. The van der Waals surface area contributed by atoms with Crippen molar-refractivity contribution in [2.24, 2.45) is 0 Å². The molecular formula is C44H28N4O3. The van der Waals surface area contributed by atoms with E-state index in [4.69, 9.17) is 14.7 Å². The summed E-state index contributed by atoms with van der Waals surface area (Å²) in [5.41, 5.74) is 10.7. The number of ether oxygens (including phenoxy) is 1. The van der Waals surface area contributed by atoms with Crippen LogP contribution in [-0.2, 0) is 4.74 Å². The monoisotopic (exact) mass is 660 g/mol. The molecule has 7 nitrogen and oxygen atoms in total. The summed E-state index contributed by atoms with van der Waals surface area (Å²) in [6.07, 6.45) is 4.07. The van der Waals surface area contributed by atoms with Crippen molar-refractivity contribution in [2.45, 2.75) is 0 Å². The fourth-order valence-corrected chi connectivity index (χ4v) is 6.86. The molecule has 7 aromatic rings. The summed E-state index contributed by atoms with van der Waals surface area (Å²) in [5.74, 6) is -1.65. The number of hydrogen-bond acceptors (Lipinski definition) is 5. The molecule has 0 fully saturated rings. The minimum atomic E-state index is -0.825. The predicted molar refractivity (Wildman–Crippen MR) is 201 cm³/mol. The molecule has 7 heteroatoms. The van der Waals surface area contributed by atoms with Crippen LogP contribution in [0.1, 0.15) is 32.4 Å². The van der Waals surface area contributed by atoms with Crippen LogP contribution in [0.2, 0.25) is 0 Å². The average Bonchev–Trinajstić information content (AvgIpc) is 3.96. The van der Waals surface area contributed by atoms with Crippen LogP contribution in [0.5, 0.6) is 0 Å². The number of cyclic esters (lactones) is 2. The summed E-state index contributed by atoms with van der Waals surface area (Å²) in [7, 11) is 0. The molecule has 0 unspecified atom stereocenters. The van der Waals surface area contributed by atoms with Crippen LogP contribution < -0.4 is 0 Å². The van der Waals surface area contributed by atoms with Gasteiger partial charge >= 0.3 is 11.9 Å². The molecule has 2 N–H and O–H groups in total. The fourth-order valence-electron chi connectivity index (χ4n) is 6.86. The van der Waals surface area contributed by atoms with Crippen molar-refractivity contribution in [1.29, 1.82) is 0 Å². The van der Waals surface area contributed by atoms with Gasteiger partial charge in [0.2, 0.25) is 0 Å². The molecule has 9 rings (SSSR count). The fraction of sp³-hybridized carbons (Fsp3) is 0. The first kappa shape index (κ1) is 30.0. The third-order valence-corrected chi connectivity index (χ3v) is 9.12. The van der Waals surface area contributed by atoms with E-state index >= 15 is 0 Å². The van der Waals surface area contributed by atoms with Gasteiger partial charge in [-0.15, -0.1) is 0 Å². The number of esters is 2. The van der Waals surface area contributed by atoms with Gasteiger partial charge in [-0.2, -0.15) is 0 Å². The number of H-pyrrole nitrogens is 2. The topological polar surface area (TPSA) is 101 Å². The summed E-state index contributed by atoms with van der Waals surface area (Å²) >= 11 is 0. The molecule has 0 amide bonds. The normalized spacial score (nSPS) is 12.5. The molecule has 4 aromatic carbocycles. The van der Waals surface area contributed by atoms with Crippen LogP contribution in [0.3, 0.4) is 0 Å². The lowest BCUT2D eigenvalue weighted by Crippen LogP contribution is -2.22. The Morgan fingerprint density at radius 1 is 0.373 bits per heavy atom. The predicted octanol–water partition coefficient (Wildman–Crippen LogP) is 10.2. The second-order valence-corrected chi connectivity index (χ2v) is 12.2. The zero-order valence-electron chi connectivity index (χ0n) is 27.1. The lowest BCUT2D eigenvalue weighted by molar-refractivity contribution is 0.0371. The van der Waals surface area contributed by atoms with E-state index in [1.54, 1.807) is 0 Å². The minimum absolute atomic E-state index is 0.0167. The maximum atomic E-state index is 13.7. The van der Waals surface area contributed by atoms with Gasteiger partial charge in [0.05, 0.1) is 11.4 Å². The van der Waals surface area contributed by atoms with Crippen LogP contribution in [0, 0.1) is 0 Å². The van der Waals surface area contributed by atoms with Crippen molar-refractivity contribution in [2.75, 3.05) is 0 Å². The summed E-state index contributed by atoms with van der Waals surface area (Å²) in [4.78, 5) is 44.8. The number of nitrogens with zero attached hydrogens (tertiary/aromatic N) is 2. The zero-order chi connectivity index (χ0) is 34.3. The Morgan fingerprint density at radius 3 is 1.04 bits per heavy atom. The van der Waals surface area contributed by atoms with Gasteiger partial charge in [0.15, 0.2) is 11.4 Å². The molecule has 0 aliphatic carbocycles. The van der Waals surface area contributed by atoms with Gasteiger partial charge < -0.3 is 14.7 Å². The van der Waals surface area contributed by atoms with Crippen molar-refractivity contribution in [1.82, 2.24) is 19.9 Å². The first-order valence-corrected chi connectivity index (χ1v) is 16.6. The molecule has 0 spiro atoms. The van der Waals surface area contributed by atoms with E-state index in [0.717, 1.165) is 55.8 Å². The molecule has 8 bridgehead atoms. The average molecular weight is 661 g/mol. The van der Waals surface area contributed by atoms with Crippen molar-refractivity contribution < 1.29 is 14.3 Å². The van der Waals surface area contributed by atoms with Gasteiger partial charge in [-0.05, 0) is 58.7 Å². The Kier molecular flexibility index (Phi) is 7.29. The number of rotatable bonds is 4. The smallest absolute Gasteiger partial charge is 0.365 e. The Morgan fingerprint density at radius 2 is 0.686 bits per heavy atom. The Bertz CT molecular complexity index is 2500. The zero-order valence-corrected chi connectivity index (χ0v) is 27.1. The van der Waals surface area contributed by atoms with Crippen molar-refractivity contribution in [3.8, 4) is 44.5 Å². The van der Waals surface area contributed by atoms with Crippen molar-refractivity contribution in [3.05, 3.63) is 168 Å². The van der Waals surface area contributed by atoms with Gasteiger partial charge in [-0.1, -0.05) is 121 Å². The van der Waals surface area contributed by atoms with Gasteiger partial charge in [0.25, 0.3) is 0 Å². The van der Waals surface area contributed by atoms with Crippen molar-refractivity contribution in [3.63, 3.8) is 0 Å². The first-order valence-electron chi connectivity index (χ1n) is 16.6. The summed E-state index contributed by atoms with van der Waals surface area (Å²) in [6, 6.07) is 47.1. The van der Waals surface area contributed by atoms with Crippen LogP contribution in [0.4, 0.5) is 0 Å². The number of hydrogen-bond donors (Lipinski definition) is 2. The number of benzene rings is 4. The molecule has 5 heterocycles. The Hall–Kier alpha value is -7.12. The molecule has 0 radical (unpaired) electrons. The van der Waals surface area contributed by atoms with E-state index in [1.165, 1.54) is 0 Å². The third kappa shape index (κ3) is 5.34. The van der Waals surface area contributed by atoms with E-state index < -0.39 is 11.9 Å². The molecule has 3 aromatic heterocycles. The van der Waals surface area contributed by atoms with Crippen LogP contribution >= 0.6 is 0 Å². The van der Waals surface area contributed by atoms with Gasteiger partial charge in [-0.3, -0.25) is 0 Å². The van der Waals surface area contributed by atoms with Crippen molar-refractivity contribution >= 4 is 46.2 Å². The minimum Gasteiger partial charge on any atom is -0.383 e. The lowest BCUT2D eigenvalue weighted by atomic mass is 10.0. The number of aromatic amines is 2. The van der Waals surface area contributed by atoms with E-state index in [0.29, 0.717) is 22.2 Å². The molecule has 2 aliphatic rings. The number of aromatic nitrogens is 4. The van der Waals surface area contributed by atoms with Crippen LogP contribution in [0.15, 0.2) is 146 Å². The molecule has 242 valence electrons. The highest BCUT2D eigenvalue weighted by atomic mass is 16.6. The lowest BCUT2D eigenvalue weighted by Gasteiger charge is -2.14. The molecular weight excluding hydrogens is 633 g/mol. The number of fused-ring (bicyclic) bond motifs is 8. The van der Waals surface area contributed by atoms with Gasteiger partial charge in [0.1, 0.15) is 0 Å². The second-order valence-electron chi connectivity index (χ2n) is 12.2. The summed E-state index contributed by atoms with van der Waals surface area (Å²) < 4.78 is 5.52. The largest absolute Gasteiger partial charge is 0.383 e. The highest BCUT2D eigenvalue weighted by Gasteiger charge is 2.30. The van der Waals surface area contributed by atoms with E-state index in [-0.39, 0.29) is 11.4 Å². The first-order chi connectivity index (χ1) is 25.1. The second kappa shape index (κ2) is 12.4. The number of nitrogens with one attached hydrogen (secondary N) is 2. The summed E-state index contributed by atoms with van der Waals surface area (Å²) in [6.45, 7) is 0. The standard InChI is InChI=1S/C44H28N4O3/c49-43-41-39(29-17-9-3-10-18-29)35-25-23-33(46-35)37(27-13-5-1-6-14-27)31-21-22-32(45-31)38(28-15-7-2-8-16-28)34-24-26-36(47-34)40(30-19-11-4-12-20-30)42(48-41)44(50)51-43/h1-26,46-47H. The quantitative estimate of drug-likeness (QED) is 0.145. The maximum Gasteiger partial charge on any atom is 0.365 e. The van der Waals surface area contributed by atoms with Crippen LogP contribution in [-0.4, -0.2) is 31.9 Å². The number of carbonyl (C=O) groups is 2. The SMILES string of the molecule is O=C1OC(=O)c2nc1c(-c1ccccc1)c1ccc([nH]1)c(-c1ccccc1)c1nc(c(-c3ccccc3)c3ccc([nH]3)c2-c2ccccc2)C=C1. The van der Waals surface area contributed by atoms with E-state index in [9.17, 15) is 9.59 Å². The maximum absolute atomic E-state index is 13.7. The number of carbonyl (C=O) groups excluding carboxylic acids is 2. The Balaban J connectivity index is 1.53. The molecule has 51 heavy (non-hydrogen) atoms. The third-order valence-electron chi connectivity index (χ3n) is 9.12. The van der Waals surface area contributed by atoms with Gasteiger partial charge in [-0.25, -0.2) is 19.6 Å². The van der Waals surface area contributed by atoms with Crippen LogP contribution in [0.25, 0.3) is 78.7 Å². The van der Waals surface area contributed by atoms with E-state index in [1.807, 2.05) is 133 Å². The summed E-state index contributed by atoms with van der Waals surface area (Å²) in [5, 5.41) is 0. The molecule has 0 saturated heterocycles. The molecule has 2 aliphatic heterocycles. The Labute approximate surface area is 292 Å². The van der Waals surface area contributed by atoms with E-state index in [2.05, 4.69) is 34.2 Å². The van der Waals surface area contributed by atoms with Gasteiger partial charge in [0, 0.05) is 44.3 Å². The molecule has 0 atom stereocenters. The highest BCUT2D eigenvalue weighted by Crippen LogP contribution is 2.37.